The molecule has 0 radical (unpaired) electrons. The molecule has 102 valence electrons. The molecule has 1 aromatic heterocycles. The van der Waals surface area contributed by atoms with Crippen molar-refractivity contribution in [1.82, 2.24) is 15.8 Å². The molecule has 3 N–H and O–H groups in total. The standard InChI is InChI=1S/C13H11ClN4OS/c14-10-3-5-11(6-4-10)16-13(20)18-17-12(19)9-2-1-7-15-8-9/h1-8H,(H,17,19)(H2,16,18,20). The normalized spacial score (nSPS) is 9.65. The van der Waals surface area contributed by atoms with E-state index in [0.29, 0.717) is 10.6 Å². The first-order chi connectivity index (χ1) is 9.65. The third kappa shape index (κ3) is 4.18. The Morgan fingerprint density at radius 2 is 1.90 bits per heavy atom. The summed E-state index contributed by atoms with van der Waals surface area (Å²) in [5, 5.41) is 3.81. The maximum absolute atomic E-state index is 11.7. The van der Waals surface area contributed by atoms with Gasteiger partial charge in [-0.05, 0) is 48.6 Å². The smallest absolute Gasteiger partial charge is 0.271 e. The zero-order valence-corrected chi connectivity index (χ0v) is 11.8. The molecule has 20 heavy (non-hydrogen) atoms. The molecule has 2 rings (SSSR count). The Balaban J connectivity index is 1.83. The van der Waals surface area contributed by atoms with Crippen molar-refractivity contribution >= 4 is 40.5 Å². The summed E-state index contributed by atoms with van der Waals surface area (Å²) in [4.78, 5) is 15.6. The van der Waals surface area contributed by atoms with E-state index in [1.54, 1.807) is 42.6 Å². The number of carbonyl (C=O) groups is 1. The average molecular weight is 307 g/mol. The van der Waals surface area contributed by atoms with Gasteiger partial charge in [-0.3, -0.25) is 20.6 Å². The largest absolute Gasteiger partial charge is 0.331 e. The highest BCUT2D eigenvalue weighted by Gasteiger charge is 2.05. The van der Waals surface area contributed by atoms with E-state index in [0.717, 1.165) is 5.69 Å². The van der Waals surface area contributed by atoms with Crippen LogP contribution in [0.15, 0.2) is 48.8 Å². The Kier molecular flexibility index (Phi) is 4.86. The minimum Gasteiger partial charge on any atom is -0.331 e. The van der Waals surface area contributed by atoms with Crippen molar-refractivity contribution in [3.05, 3.63) is 59.4 Å². The van der Waals surface area contributed by atoms with E-state index < -0.39 is 0 Å². The lowest BCUT2D eigenvalue weighted by Crippen LogP contribution is -2.43. The van der Waals surface area contributed by atoms with Crippen LogP contribution in [-0.2, 0) is 0 Å². The van der Waals surface area contributed by atoms with E-state index in [9.17, 15) is 4.79 Å². The molecular weight excluding hydrogens is 296 g/mol. The number of nitrogens with zero attached hydrogens (tertiary/aromatic N) is 1. The molecule has 0 bridgehead atoms. The van der Waals surface area contributed by atoms with Crippen molar-refractivity contribution in [2.75, 3.05) is 5.32 Å². The molecule has 0 unspecified atom stereocenters. The van der Waals surface area contributed by atoms with E-state index in [-0.39, 0.29) is 11.0 Å². The molecule has 0 saturated heterocycles. The topological polar surface area (TPSA) is 66.1 Å². The second-order valence-electron chi connectivity index (χ2n) is 3.78. The fourth-order valence-corrected chi connectivity index (χ4v) is 1.67. The molecule has 1 heterocycles. The zero-order valence-electron chi connectivity index (χ0n) is 10.3. The van der Waals surface area contributed by atoms with E-state index in [1.807, 2.05) is 0 Å². The summed E-state index contributed by atoms with van der Waals surface area (Å²) in [6.45, 7) is 0. The van der Waals surface area contributed by atoms with Crippen LogP contribution in [0.5, 0.6) is 0 Å². The van der Waals surface area contributed by atoms with Crippen LogP contribution in [0, 0.1) is 0 Å². The van der Waals surface area contributed by atoms with E-state index in [2.05, 4.69) is 21.2 Å². The average Bonchev–Trinajstić information content (AvgIpc) is 2.48. The van der Waals surface area contributed by atoms with Gasteiger partial charge in [0.2, 0.25) is 0 Å². The van der Waals surface area contributed by atoms with Gasteiger partial charge < -0.3 is 5.32 Å². The Bertz CT molecular complexity index is 604. The predicted molar refractivity (Wildman–Crippen MR) is 82.5 cm³/mol. The number of hydrogen-bond donors (Lipinski definition) is 3. The molecule has 0 fully saturated rings. The van der Waals surface area contributed by atoms with Gasteiger partial charge in [0.25, 0.3) is 5.91 Å². The highest BCUT2D eigenvalue weighted by atomic mass is 35.5. The van der Waals surface area contributed by atoms with Gasteiger partial charge in [-0.25, -0.2) is 0 Å². The third-order valence-electron chi connectivity index (χ3n) is 2.32. The monoisotopic (exact) mass is 306 g/mol. The molecule has 2 aromatic rings. The number of pyridine rings is 1. The van der Waals surface area contributed by atoms with Crippen molar-refractivity contribution in [3.63, 3.8) is 0 Å². The van der Waals surface area contributed by atoms with Crippen LogP contribution < -0.4 is 16.2 Å². The maximum Gasteiger partial charge on any atom is 0.271 e. The van der Waals surface area contributed by atoms with Crippen molar-refractivity contribution in [2.45, 2.75) is 0 Å². The molecule has 0 aliphatic rings. The minimum absolute atomic E-state index is 0.268. The summed E-state index contributed by atoms with van der Waals surface area (Å²) >= 11 is 10.8. The fourth-order valence-electron chi connectivity index (χ4n) is 1.38. The number of aromatic nitrogens is 1. The molecular formula is C13H11ClN4OS. The molecule has 5 nitrogen and oxygen atoms in total. The minimum atomic E-state index is -0.321. The number of hydrazine groups is 1. The molecule has 0 aliphatic heterocycles. The summed E-state index contributed by atoms with van der Waals surface area (Å²) in [7, 11) is 0. The number of nitrogens with one attached hydrogen (secondary N) is 3. The van der Waals surface area contributed by atoms with E-state index in [1.165, 1.54) is 6.20 Å². The van der Waals surface area contributed by atoms with E-state index in [4.69, 9.17) is 23.8 Å². The lowest BCUT2D eigenvalue weighted by atomic mass is 10.3. The zero-order chi connectivity index (χ0) is 14.4. The van der Waals surface area contributed by atoms with Crippen LogP contribution in [0.2, 0.25) is 5.02 Å². The number of benzene rings is 1. The molecule has 0 atom stereocenters. The number of halogens is 1. The fraction of sp³-hybridized carbons (Fsp3) is 0. The Morgan fingerprint density at radius 1 is 1.15 bits per heavy atom. The lowest BCUT2D eigenvalue weighted by Gasteiger charge is -2.11. The van der Waals surface area contributed by atoms with Crippen molar-refractivity contribution < 1.29 is 4.79 Å². The van der Waals surface area contributed by atoms with Crippen LogP contribution >= 0.6 is 23.8 Å². The first-order valence-electron chi connectivity index (χ1n) is 5.68. The summed E-state index contributed by atoms with van der Waals surface area (Å²) in [5.74, 6) is -0.321. The van der Waals surface area contributed by atoms with Crippen LogP contribution in [0.25, 0.3) is 0 Å². The molecule has 0 aliphatic carbocycles. The van der Waals surface area contributed by atoms with Gasteiger partial charge in [0.15, 0.2) is 5.11 Å². The van der Waals surface area contributed by atoms with Crippen LogP contribution in [0.3, 0.4) is 0 Å². The number of thiocarbonyl (C=S) groups is 1. The summed E-state index contributed by atoms with van der Waals surface area (Å²) < 4.78 is 0. The SMILES string of the molecule is O=C(NNC(=S)Nc1ccc(Cl)cc1)c1cccnc1. The molecule has 1 amide bonds. The Labute approximate surface area is 126 Å². The lowest BCUT2D eigenvalue weighted by molar-refractivity contribution is 0.0944. The molecule has 1 aromatic carbocycles. The number of hydrogen-bond acceptors (Lipinski definition) is 3. The number of anilines is 1. The van der Waals surface area contributed by atoms with Crippen LogP contribution in [0.1, 0.15) is 10.4 Å². The van der Waals surface area contributed by atoms with Gasteiger partial charge >= 0.3 is 0 Å². The maximum atomic E-state index is 11.7. The summed E-state index contributed by atoms with van der Waals surface area (Å²) in [5.41, 5.74) is 6.28. The van der Waals surface area contributed by atoms with Gasteiger partial charge in [0.1, 0.15) is 0 Å². The first kappa shape index (κ1) is 14.2. The number of amides is 1. The molecule has 0 saturated carbocycles. The third-order valence-corrected chi connectivity index (χ3v) is 2.77. The number of rotatable bonds is 2. The van der Waals surface area contributed by atoms with Crippen LogP contribution in [-0.4, -0.2) is 16.0 Å². The van der Waals surface area contributed by atoms with Crippen molar-refractivity contribution in [3.8, 4) is 0 Å². The van der Waals surface area contributed by atoms with Gasteiger partial charge in [-0.1, -0.05) is 11.6 Å². The Morgan fingerprint density at radius 3 is 2.55 bits per heavy atom. The van der Waals surface area contributed by atoms with Crippen LogP contribution in [0.4, 0.5) is 5.69 Å². The summed E-state index contributed by atoms with van der Waals surface area (Å²) in [6.07, 6.45) is 3.06. The van der Waals surface area contributed by atoms with Crippen molar-refractivity contribution in [2.24, 2.45) is 0 Å². The summed E-state index contributed by atoms with van der Waals surface area (Å²) in [6, 6.07) is 10.4. The second-order valence-corrected chi connectivity index (χ2v) is 4.63. The highest BCUT2D eigenvalue weighted by molar-refractivity contribution is 7.80. The van der Waals surface area contributed by atoms with Gasteiger partial charge in [-0.2, -0.15) is 0 Å². The highest BCUT2D eigenvalue weighted by Crippen LogP contribution is 2.12. The second kappa shape index (κ2) is 6.83. The molecule has 7 heteroatoms. The quantitative estimate of drug-likeness (QED) is 0.587. The first-order valence-corrected chi connectivity index (χ1v) is 6.47. The van der Waals surface area contributed by atoms with Gasteiger partial charge in [0.05, 0.1) is 5.56 Å². The van der Waals surface area contributed by atoms with E-state index >= 15 is 0 Å². The molecule has 0 spiro atoms. The Hall–Kier alpha value is -2.18. The van der Waals surface area contributed by atoms with Crippen molar-refractivity contribution in [1.29, 1.82) is 0 Å². The van der Waals surface area contributed by atoms with Gasteiger partial charge in [-0.15, -0.1) is 0 Å². The predicted octanol–water partition coefficient (Wildman–Crippen LogP) is 2.37. The number of carbonyl (C=O) groups excluding carboxylic acids is 1. The van der Waals surface area contributed by atoms with Gasteiger partial charge in [0, 0.05) is 23.1 Å².